The number of anilines is 1. The summed E-state index contributed by atoms with van der Waals surface area (Å²) in [6.07, 6.45) is 1.20. The number of carbonyl (C=O) groups excluding carboxylic acids is 1. The predicted octanol–water partition coefficient (Wildman–Crippen LogP) is 3.15. The van der Waals surface area contributed by atoms with Crippen LogP contribution in [0.5, 0.6) is 0 Å². The van der Waals surface area contributed by atoms with Crippen molar-refractivity contribution in [2.45, 2.75) is 20.3 Å². The van der Waals surface area contributed by atoms with Crippen LogP contribution in [0.15, 0.2) is 22.7 Å². The van der Waals surface area contributed by atoms with E-state index in [4.69, 9.17) is 5.73 Å². The fraction of sp³-hybridized carbons (Fsp3) is 0.500. The topological polar surface area (TPSA) is 46.3 Å². The van der Waals surface area contributed by atoms with E-state index in [2.05, 4.69) is 29.8 Å². The molecule has 1 aromatic rings. The molecular formula is C14H19BrN2O. The number of halogens is 1. The van der Waals surface area contributed by atoms with E-state index in [-0.39, 0.29) is 5.91 Å². The van der Waals surface area contributed by atoms with E-state index in [1.54, 1.807) is 6.07 Å². The van der Waals surface area contributed by atoms with Crippen LogP contribution >= 0.6 is 15.9 Å². The summed E-state index contributed by atoms with van der Waals surface area (Å²) < 4.78 is 0.833. The van der Waals surface area contributed by atoms with Gasteiger partial charge in [-0.3, -0.25) is 4.79 Å². The van der Waals surface area contributed by atoms with Gasteiger partial charge >= 0.3 is 0 Å². The molecule has 0 spiro atoms. The molecular weight excluding hydrogens is 292 g/mol. The molecule has 0 bridgehead atoms. The zero-order valence-electron chi connectivity index (χ0n) is 10.8. The van der Waals surface area contributed by atoms with Crippen LogP contribution in [-0.4, -0.2) is 23.9 Å². The molecule has 98 valence electrons. The van der Waals surface area contributed by atoms with Gasteiger partial charge in [-0.15, -0.1) is 0 Å². The summed E-state index contributed by atoms with van der Waals surface area (Å²) in [7, 11) is 0. The molecule has 2 atom stereocenters. The molecule has 2 N–H and O–H groups in total. The van der Waals surface area contributed by atoms with E-state index in [9.17, 15) is 4.79 Å². The van der Waals surface area contributed by atoms with E-state index < -0.39 is 0 Å². The Kier molecular flexibility index (Phi) is 3.95. The van der Waals surface area contributed by atoms with Crippen molar-refractivity contribution in [1.82, 2.24) is 4.90 Å². The molecule has 1 saturated heterocycles. The number of nitrogen functional groups attached to an aromatic ring is 1. The number of nitrogens with zero attached hydrogens (tertiary/aromatic N) is 1. The van der Waals surface area contributed by atoms with Gasteiger partial charge in [-0.1, -0.05) is 13.8 Å². The van der Waals surface area contributed by atoms with Crippen molar-refractivity contribution in [1.29, 1.82) is 0 Å². The molecule has 2 unspecified atom stereocenters. The summed E-state index contributed by atoms with van der Waals surface area (Å²) in [4.78, 5) is 14.4. The fourth-order valence-electron chi connectivity index (χ4n) is 2.69. The van der Waals surface area contributed by atoms with E-state index in [1.165, 1.54) is 6.42 Å². The Bertz CT molecular complexity index is 451. The molecule has 1 aliphatic heterocycles. The molecule has 0 radical (unpaired) electrons. The van der Waals surface area contributed by atoms with Gasteiger partial charge in [0.25, 0.3) is 5.91 Å². The third-order valence-electron chi connectivity index (χ3n) is 3.40. The lowest BCUT2D eigenvalue weighted by Gasteiger charge is -2.35. The van der Waals surface area contributed by atoms with Crippen LogP contribution in [0.25, 0.3) is 0 Å². The van der Waals surface area contributed by atoms with Gasteiger partial charge in [0.2, 0.25) is 0 Å². The minimum Gasteiger partial charge on any atom is -0.398 e. The highest BCUT2D eigenvalue weighted by molar-refractivity contribution is 9.10. The molecule has 0 saturated carbocycles. The molecule has 2 rings (SSSR count). The normalized spacial score (nSPS) is 24.1. The number of amides is 1. The van der Waals surface area contributed by atoms with E-state index in [0.717, 1.165) is 17.6 Å². The van der Waals surface area contributed by atoms with Crippen LogP contribution in [0, 0.1) is 11.8 Å². The van der Waals surface area contributed by atoms with Gasteiger partial charge < -0.3 is 10.6 Å². The molecule has 0 aromatic heterocycles. The van der Waals surface area contributed by atoms with Crippen LogP contribution in [-0.2, 0) is 0 Å². The van der Waals surface area contributed by atoms with Gasteiger partial charge in [0, 0.05) is 28.8 Å². The largest absolute Gasteiger partial charge is 0.398 e. The third kappa shape index (κ3) is 2.86. The van der Waals surface area contributed by atoms with Crippen molar-refractivity contribution in [2.24, 2.45) is 11.8 Å². The fourth-order valence-corrected chi connectivity index (χ4v) is 2.93. The molecule has 0 aliphatic carbocycles. The SMILES string of the molecule is CC1CC(C)CN(C(=O)c2ccc(Br)c(N)c2)C1. The van der Waals surface area contributed by atoms with Crippen LogP contribution in [0.3, 0.4) is 0 Å². The van der Waals surface area contributed by atoms with E-state index in [1.807, 2.05) is 17.0 Å². The first kappa shape index (κ1) is 13.4. The Hall–Kier alpha value is -1.03. The summed E-state index contributed by atoms with van der Waals surface area (Å²) in [6, 6.07) is 5.41. The van der Waals surface area contributed by atoms with Gasteiger partial charge in [-0.2, -0.15) is 0 Å². The number of carbonyl (C=O) groups is 1. The average Bonchev–Trinajstić information content (AvgIpc) is 2.30. The number of benzene rings is 1. The number of nitrogens with two attached hydrogens (primary N) is 1. The van der Waals surface area contributed by atoms with Gasteiger partial charge in [-0.05, 0) is 52.4 Å². The van der Waals surface area contributed by atoms with Gasteiger partial charge in [0.05, 0.1) is 0 Å². The maximum atomic E-state index is 12.4. The third-order valence-corrected chi connectivity index (χ3v) is 4.12. The highest BCUT2D eigenvalue weighted by Gasteiger charge is 2.26. The van der Waals surface area contributed by atoms with Crippen LogP contribution in [0.2, 0.25) is 0 Å². The Labute approximate surface area is 116 Å². The van der Waals surface area contributed by atoms with Gasteiger partial charge in [0.1, 0.15) is 0 Å². The monoisotopic (exact) mass is 310 g/mol. The van der Waals surface area contributed by atoms with Crippen molar-refractivity contribution in [3.63, 3.8) is 0 Å². The van der Waals surface area contributed by atoms with Crippen molar-refractivity contribution in [3.8, 4) is 0 Å². The summed E-state index contributed by atoms with van der Waals surface area (Å²) in [5.74, 6) is 1.24. The van der Waals surface area contributed by atoms with Gasteiger partial charge in [0.15, 0.2) is 0 Å². The summed E-state index contributed by atoms with van der Waals surface area (Å²) in [5.41, 5.74) is 7.11. The Morgan fingerprint density at radius 3 is 2.50 bits per heavy atom. The average molecular weight is 311 g/mol. The lowest BCUT2D eigenvalue weighted by Crippen LogP contribution is -2.42. The molecule has 1 aromatic carbocycles. The minimum atomic E-state index is 0.0904. The number of hydrogen-bond donors (Lipinski definition) is 1. The lowest BCUT2D eigenvalue weighted by atomic mass is 9.91. The van der Waals surface area contributed by atoms with E-state index in [0.29, 0.717) is 23.1 Å². The van der Waals surface area contributed by atoms with Crippen molar-refractivity contribution >= 4 is 27.5 Å². The Balaban J connectivity index is 2.17. The first-order chi connectivity index (χ1) is 8.47. The standard InChI is InChI=1S/C14H19BrN2O/c1-9-5-10(2)8-17(7-9)14(18)11-3-4-12(15)13(16)6-11/h3-4,6,9-10H,5,7-8,16H2,1-2H3. The van der Waals surface area contributed by atoms with Crippen molar-refractivity contribution in [2.75, 3.05) is 18.8 Å². The first-order valence-electron chi connectivity index (χ1n) is 6.31. The van der Waals surface area contributed by atoms with Crippen LogP contribution in [0.1, 0.15) is 30.6 Å². The van der Waals surface area contributed by atoms with E-state index >= 15 is 0 Å². The number of piperidine rings is 1. The molecule has 1 fully saturated rings. The summed E-state index contributed by atoms with van der Waals surface area (Å²) in [6.45, 7) is 6.09. The maximum absolute atomic E-state index is 12.4. The van der Waals surface area contributed by atoms with Crippen molar-refractivity contribution in [3.05, 3.63) is 28.2 Å². The highest BCUT2D eigenvalue weighted by Crippen LogP contribution is 2.25. The molecule has 1 heterocycles. The quantitative estimate of drug-likeness (QED) is 0.810. The Morgan fingerprint density at radius 2 is 1.94 bits per heavy atom. The zero-order chi connectivity index (χ0) is 13.3. The smallest absolute Gasteiger partial charge is 0.253 e. The lowest BCUT2D eigenvalue weighted by molar-refractivity contribution is 0.0623. The number of rotatable bonds is 1. The molecule has 18 heavy (non-hydrogen) atoms. The number of hydrogen-bond acceptors (Lipinski definition) is 2. The van der Waals surface area contributed by atoms with Crippen LogP contribution in [0.4, 0.5) is 5.69 Å². The molecule has 1 aliphatic rings. The summed E-state index contributed by atoms with van der Waals surface area (Å²) >= 11 is 3.34. The van der Waals surface area contributed by atoms with Crippen molar-refractivity contribution < 1.29 is 4.79 Å². The maximum Gasteiger partial charge on any atom is 0.253 e. The minimum absolute atomic E-state index is 0.0904. The molecule has 3 nitrogen and oxygen atoms in total. The second kappa shape index (κ2) is 5.31. The molecule has 4 heteroatoms. The second-order valence-corrected chi connectivity index (χ2v) is 6.25. The highest BCUT2D eigenvalue weighted by atomic mass is 79.9. The second-order valence-electron chi connectivity index (χ2n) is 5.39. The summed E-state index contributed by atoms with van der Waals surface area (Å²) in [5, 5.41) is 0. The number of likely N-dealkylation sites (tertiary alicyclic amines) is 1. The zero-order valence-corrected chi connectivity index (χ0v) is 12.4. The van der Waals surface area contributed by atoms with Gasteiger partial charge in [-0.25, -0.2) is 0 Å². The predicted molar refractivity (Wildman–Crippen MR) is 77.4 cm³/mol. The molecule has 1 amide bonds. The van der Waals surface area contributed by atoms with Crippen LogP contribution < -0.4 is 5.73 Å². The first-order valence-corrected chi connectivity index (χ1v) is 7.11. The Morgan fingerprint density at radius 1 is 1.33 bits per heavy atom.